The van der Waals surface area contributed by atoms with E-state index in [2.05, 4.69) is 0 Å². The quantitative estimate of drug-likeness (QED) is 0.726. The van der Waals surface area contributed by atoms with Gasteiger partial charge in [0.25, 0.3) is 0 Å². The first-order valence-corrected chi connectivity index (χ1v) is 7.11. The molecule has 16 heavy (non-hydrogen) atoms. The number of hydrogen-bond acceptors (Lipinski definition) is 2. The summed E-state index contributed by atoms with van der Waals surface area (Å²) in [6, 6.07) is 0. The van der Waals surface area contributed by atoms with Gasteiger partial charge in [-0.25, -0.2) is 0 Å². The van der Waals surface area contributed by atoms with Gasteiger partial charge < -0.3 is 10.2 Å². The van der Waals surface area contributed by atoms with E-state index in [9.17, 15) is 10.2 Å². The molecule has 1 unspecified atom stereocenters. The van der Waals surface area contributed by atoms with Crippen LogP contribution in [-0.2, 0) is 0 Å². The van der Waals surface area contributed by atoms with Crippen molar-refractivity contribution < 1.29 is 10.2 Å². The Morgan fingerprint density at radius 3 is 2.06 bits per heavy atom. The van der Waals surface area contributed by atoms with E-state index in [1.54, 1.807) is 0 Å². The minimum atomic E-state index is -0.765. The molecule has 2 N–H and O–H groups in total. The highest BCUT2D eigenvalue weighted by molar-refractivity contribution is 4.89. The summed E-state index contributed by atoms with van der Waals surface area (Å²) >= 11 is 0. The van der Waals surface area contributed by atoms with Crippen LogP contribution in [0.3, 0.4) is 0 Å². The molecular weight excluding hydrogens is 200 g/mol. The second-order valence-electron chi connectivity index (χ2n) is 5.92. The smallest absolute Gasteiger partial charge is 0.0905 e. The Kier molecular flexibility index (Phi) is 4.26. The average Bonchev–Trinajstić information content (AvgIpc) is 2.66. The fourth-order valence-corrected chi connectivity index (χ4v) is 3.46. The highest BCUT2D eigenvalue weighted by Crippen LogP contribution is 2.36. The van der Waals surface area contributed by atoms with E-state index >= 15 is 0 Å². The molecule has 0 aromatic heterocycles. The lowest BCUT2D eigenvalue weighted by molar-refractivity contribution is -0.0926. The Hall–Kier alpha value is -0.0800. The van der Waals surface area contributed by atoms with Gasteiger partial charge in [0.2, 0.25) is 0 Å². The van der Waals surface area contributed by atoms with Crippen molar-refractivity contribution in [2.45, 2.75) is 82.3 Å². The fourth-order valence-electron chi connectivity index (χ4n) is 3.46. The van der Waals surface area contributed by atoms with Gasteiger partial charge in [0.1, 0.15) is 0 Å². The van der Waals surface area contributed by atoms with Crippen LogP contribution in [0.15, 0.2) is 0 Å². The lowest BCUT2D eigenvalue weighted by atomic mass is 9.83. The fraction of sp³-hybridized carbons (Fsp3) is 1.00. The van der Waals surface area contributed by atoms with Gasteiger partial charge in [-0.05, 0) is 25.2 Å². The number of aliphatic hydroxyl groups is 2. The normalized spacial score (nSPS) is 28.9. The van der Waals surface area contributed by atoms with E-state index in [4.69, 9.17) is 0 Å². The molecule has 0 aromatic carbocycles. The number of aliphatic hydroxyl groups excluding tert-OH is 1. The van der Waals surface area contributed by atoms with Crippen LogP contribution in [0.4, 0.5) is 0 Å². The van der Waals surface area contributed by atoms with Crippen molar-refractivity contribution in [1.29, 1.82) is 0 Å². The highest BCUT2D eigenvalue weighted by Gasteiger charge is 2.37. The van der Waals surface area contributed by atoms with Crippen molar-refractivity contribution in [1.82, 2.24) is 0 Å². The molecule has 2 aliphatic carbocycles. The molecule has 0 heterocycles. The maximum Gasteiger partial charge on any atom is 0.0905 e. The van der Waals surface area contributed by atoms with Crippen LogP contribution in [0.1, 0.15) is 70.6 Å². The highest BCUT2D eigenvalue weighted by atomic mass is 16.3. The summed E-state index contributed by atoms with van der Waals surface area (Å²) in [6.45, 7) is 0. The van der Waals surface area contributed by atoms with E-state index in [0.717, 1.165) is 32.1 Å². The van der Waals surface area contributed by atoms with Crippen LogP contribution in [-0.4, -0.2) is 21.9 Å². The molecular formula is C14H26O2. The minimum Gasteiger partial charge on any atom is -0.390 e. The first kappa shape index (κ1) is 12.4. The molecule has 2 fully saturated rings. The Labute approximate surface area is 99.1 Å². The van der Waals surface area contributed by atoms with Gasteiger partial charge in [-0.2, -0.15) is 0 Å². The first-order chi connectivity index (χ1) is 7.71. The lowest BCUT2D eigenvalue weighted by Crippen LogP contribution is -2.42. The maximum absolute atomic E-state index is 10.5. The third-order valence-corrected chi connectivity index (χ3v) is 4.62. The van der Waals surface area contributed by atoms with Crippen molar-refractivity contribution in [3.05, 3.63) is 0 Å². The lowest BCUT2D eigenvalue weighted by Gasteiger charge is -2.33. The number of hydrogen-bond donors (Lipinski definition) is 2. The zero-order chi connectivity index (χ0) is 11.4. The zero-order valence-corrected chi connectivity index (χ0v) is 10.3. The summed E-state index contributed by atoms with van der Waals surface area (Å²) in [7, 11) is 0. The second kappa shape index (κ2) is 5.50. The molecule has 2 aliphatic rings. The van der Waals surface area contributed by atoms with Crippen molar-refractivity contribution in [3.63, 3.8) is 0 Å². The van der Waals surface area contributed by atoms with Crippen LogP contribution < -0.4 is 0 Å². The van der Waals surface area contributed by atoms with Gasteiger partial charge in [-0.15, -0.1) is 0 Å². The molecule has 2 heteroatoms. The monoisotopic (exact) mass is 226 g/mol. The summed E-state index contributed by atoms with van der Waals surface area (Å²) in [6.07, 6.45) is 11.7. The van der Waals surface area contributed by atoms with Crippen LogP contribution in [0.2, 0.25) is 0 Å². The van der Waals surface area contributed by atoms with Crippen LogP contribution in [0, 0.1) is 5.92 Å². The van der Waals surface area contributed by atoms with Crippen molar-refractivity contribution in [2.24, 2.45) is 5.92 Å². The van der Waals surface area contributed by atoms with Gasteiger partial charge in [-0.3, -0.25) is 0 Å². The van der Waals surface area contributed by atoms with Crippen molar-refractivity contribution in [2.75, 3.05) is 0 Å². The summed E-state index contributed by atoms with van der Waals surface area (Å²) in [5.74, 6) is 0.669. The van der Waals surface area contributed by atoms with Gasteiger partial charge in [-0.1, -0.05) is 51.4 Å². The van der Waals surface area contributed by atoms with Crippen LogP contribution in [0.25, 0.3) is 0 Å². The average molecular weight is 226 g/mol. The predicted octanol–water partition coefficient (Wildman–Crippen LogP) is 3.01. The SMILES string of the molecule is OC(CC1CCCC1)C1(O)CCCCCC1. The molecule has 2 rings (SSSR count). The summed E-state index contributed by atoms with van der Waals surface area (Å²) in [4.78, 5) is 0. The molecule has 2 nitrogen and oxygen atoms in total. The standard InChI is InChI=1S/C14H26O2/c15-13(11-12-7-3-4-8-12)14(16)9-5-1-2-6-10-14/h12-13,15-16H,1-11H2. The molecule has 94 valence electrons. The van der Waals surface area contributed by atoms with E-state index in [1.165, 1.54) is 38.5 Å². The Morgan fingerprint density at radius 1 is 0.938 bits per heavy atom. The largest absolute Gasteiger partial charge is 0.390 e. The third kappa shape index (κ3) is 2.98. The molecule has 1 atom stereocenters. The van der Waals surface area contributed by atoms with E-state index in [-0.39, 0.29) is 0 Å². The first-order valence-electron chi connectivity index (χ1n) is 7.11. The zero-order valence-electron chi connectivity index (χ0n) is 10.3. The molecule has 0 radical (unpaired) electrons. The predicted molar refractivity (Wildman–Crippen MR) is 65.2 cm³/mol. The Morgan fingerprint density at radius 2 is 1.50 bits per heavy atom. The minimum absolute atomic E-state index is 0.478. The second-order valence-corrected chi connectivity index (χ2v) is 5.92. The molecule has 0 amide bonds. The van der Waals surface area contributed by atoms with Gasteiger partial charge in [0.15, 0.2) is 0 Å². The molecule has 2 saturated carbocycles. The third-order valence-electron chi connectivity index (χ3n) is 4.62. The number of rotatable bonds is 3. The Bertz CT molecular complexity index is 201. The molecule has 0 aliphatic heterocycles. The van der Waals surface area contributed by atoms with Crippen LogP contribution in [0.5, 0.6) is 0 Å². The molecule has 0 aromatic rings. The summed E-state index contributed by atoms with van der Waals surface area (Å²) < 4.78 is 0. The summed E-state index contributed by atoms with van der Waals surface area (Å²) in [5.41, 5.74) is -0.765. The molecule has 0 saturated heterocycles. The topological polar surface area (TPSA) is 40.5 Å². The van der Waals surface area contributed by atoms with Crippen molar-refractivity contribution in [3.8, 4) is 0 Å². The van der Waals surface area contributed by atoms with Gasteiger partial charge >= 0.3 is 0 Å². The Balaban J connectivity index is 1.87. The molecule has 0 spiro atoms. The van der Waals surface area contributed by atoms with Crippen molar-refractivity contribution >= 4 is 0 Å². The molecule has 0 bridgehead atoms. The van der Waals surface area contributed by atoms with E-state index < -0.39 is 11.7 Å². The summed E-state index contributed by atoms with van der Waals surface area (Å²) in [5, 5.41) is 20.8. The van der Waals surface area contributed by atoms with Gasteiger partial charge in [0.05, 0.1) is 11.7 Å². The van der Waals surface area contributed by atoms with Gasteiger partial charge in [0, 0.05) is 0 Å². The van der Waals surface area contributed by atoms with E-state index in [1.807, 2.05) is 0 Å². The maximum atomic E-state index is 10.5. The van der Waals surface area contributed by atoms with Crippen LogP contribution >= 0.6 is 0 Å². The van der Waals surface area contributed by atoms with E-state index in [0.29, 0.717) is 5.92 Å².